The summed E-state index contributed by atoms with van der Waals surface area (Å²) in [4.78, 5) is 12.1. The number of halogens is 4. The van der Waals surface area contributed by atoms with Crippen LogP contribution in [0, 0.1) is 5.82 Å². The Kier molecular flexibility index (Phi) is 4.88. The third-order valence-electron chi connectivity index (χ3n) is 4.37. The van der Waals surface area contributed by atoms with Crippen molar-refractivity contribution in [2.24, 2.45) is 0 Å². The third-order valence-corrected chi connectivity index (χ3v) is 4.37. The summed E-state index contributed by atoms with van der Waals surface area (Å²) in [5.74, 6) is -0.346. The van der Waals surface area contributed by atoms with Gasteiger partial charge in [-0.1, -0.05) is 12.1 Å². The number of urea groups is 1. The molecule has 1 saturated carbocycles. The summed E-state index contributed by atoms with van der Waals surface area (Å²) in [6.45, 7) is -0.621. The summed E-state index contributed by atoms with van der Waals surface area (Å²) in [7, 11) is 0. The standard InChI is InChI=1S/C17H18F4N4O/c18-13-4-2-12(3-5-13)10-16(6-7-16)24-15(26)22-11-14(17(19,20)21)25-9-1-8-23-25/h1-5,8-9,14H,6-7,10-11H2,(H2,22,24,26). The molecule has 1 atom stereocenters. The van der Waals surface area contributed by atoms with Crippen LogP contribution in [0.2, 0.25) is 0 Å². The van der Waals surface area contributed by atoms with Crippen molar-refractivity contribution in [2.75, 3.05) is 6.54 Å². The highest BCUT2D eigenvalue weighted by Gasteiger charge is 2.45. The molecule has 2 N–H and O–H groups in total. The molecule has 1 aromatic heterocycles. The SMILES string of the molecule is O=C(NCC(n1cccn1)C(F)(F)F)NC1(Cc2ccc(F)cc2)CC1. The van der Waals surface area contributed by atoms with Crippen molar-refractivity contribution < 1.29 is 22.4 Å². The maximum Gasteiger partial charge on any atom is 0.412 e. The fraction of sp³-hybridized carbons (Fsp3) is 0.412. The number of alkyl halides is 3. The third kappa shape index (κ3) is 4.53. The number of hydrogen-bond donors (Lipinski definition) is 2. The van der Waals surface area contributed by atoms with Gasteiger partial charge in [-0.25, -0.2) is 9.18 Å². The number of rotatable bonds is 6. The van der Waals surface area contributed by atoms with Crippen LogP contribution in [0.5, 0.6) is 0 Å². The average Bonchev–Trinajstić information content (AvgIpc) is 3.08. The Morgan fingerprint density at radius 1 is 1.27 bits per heavy atom. The second kappa shape index (κ2) is 6.97. The van der Waals surface area contributed by atoms with Crippen LogP contribution in [0.25, 0.3) is 0 Å². The van der Waals surface area contributed by atoms with Crippen molar-refractivity contribution in [1.29, 1.82) is 0 Å². The monoisotopic (exact) mass is 370 g/mol. The molecule has 2 amide bonds. The van der Waals surface area contributed by atoms with E-state index in [1.165, 1.54) is 30.6 Å². The molecule has 0 saturated heterocycles. The minimum atomic E-state index is -4.54. The molecule has 2 aromatic rings. The van der Waals surface area contributed by atoms with Crippen molar-refractivity contribution in [3.05, 3.63) is 54.1 Å². The van der Waals surface area contributed by atoms with Gasteiger partial charge in [0.15, 0.2) is 6.04 Å². The molecule has 1 aliphatic carbocycles. The van der Waals surface area contributed by atoms with E-state index in [1.807, 2.05) is 0 Å². The van der Waals surface area contributed by atoms with Gasteiger partial charge in [-0.05, 0) is 43.0 Å². The molecule has 0 bridgehead atoms. The zero-order chi connectivity index (χ0) is 18.8. The van der Waals surface area contributed by atoms with Gasteiger partial charge in [0.2, 0.25) is 0 Å². The number of carbonyl (C=O) groups excluding carboxylic acids is 1. The van der Waals surface area contributed by atoms with Crippen LogP contribution in [0.1, 0.15) is 24.4 Å². The molecule has 3 rings (SSSR count). The number of nitrogens with one attached hydrogen (secondary N) is 2. The van der Waals surface area contributed by atoms with Crippen molar-refractivity contribution in [2.45, 2.75) is 37.0 Å². The maximum absolute atomic E-state index is 13.1. The minimum Gasteiger partial charge on any atom is -0.336 e. The molecule has 26 heavy (non-hydrogen) atoms. The number of aromatic nitrogens is 2. The zero-order valence-electron chi connectivity index (χ0n) is 13.8. The van der Waals surface area contributed by atoms with Crippen LogP contribution < -0.4 is 10.6 Å². The predicted octanol–water partition coefficient (Wildman–Crippen LogP) is 3.20. The second-order valence-electron chi connectivity index (χ2n) is 6.46. The molecule has 1 heterocycles. The first kappa shape index (κ1) is 18.2. The molecular weight excluding hydrogens is 352 g/mol. The van der Waals surface area contributed by atoms with Gasteiger partial charge in [-0.2, -0.15) is 18.3 Å². The van der Waals surface area contributed by atoms with E-state index >= 15 is 0 Å². The number of amides is 2. The number of hydrogen-bond acceptors (Lipinski definition) is 2. The van der Waals surface area contributed by atoms with E-state index < -0.39 is 30.3 Å². The van der Waals surface area contributed by atoms with E-state index in [9.17, 15) is 22.4 Å². The molecular formula is C17H18F4N4O. The Bertz CT molecular complexity index is 739. The van der Waals surface area contributed by atoms with Gasteiger partial charge >= 0.3 is 12.2 Å². The molecule has 0 spiro atoms. The van der Waals surface area contributed by atoms with E-state index in [0.29, 0.717) is 6.42 Å². The normalized spacial score (nSPS) is 16.8. The summed E-state index contributed by atoms with van der Waals surface area (Å²) in [5, 5.41) is 8.62. The van der Waals surface area contributed by atoms with E-state index in [1.54, 1.807) is 12.1 Å². The lowest BCUT2D eigenvalue weighted by atomic mass is 10.0. The Morgan fingerprint density at radius 2 is 1.96 bits per heavy atom. The van der Waals surface area contributed by atoms with Gasteiger partial charge in [0.1, 0.15) is 5.82 Å². The van der Waals surface area contributed by atoms with E-state index in [2.05, 4.69) is 15.7 Å². The molecule has 140 valence electrons. The fourth-order valence-electron chi connectivity index (χ4n) is 2.79. The Hall–Kier alpha value is -2.58. The molecule has 1 aliphatic rings. The fourth-order valence-corrected chi connectivity index (χ4v) is 2.79. The second-order valence-corrected chi connectivity index (χ2v) is 6.46. The van der Waals surface area contributed by atoms with E-state index in [4.69, 9.17) is 0 Å². The van der Waals surface area contributed by atoms with Gasteiger partial charge in [0.05, 0.1) is 6.54 Å². The quantitative estimate of drug-likeness (QED) is 0.768. The van der Waals surface area contributed by atoms with E-state index in [0.717, 1.165) is 23.1 Å². The van der Waals surface area contributed by atoms with Gasteiger partial charge in [0.25, 0.3) is 0 Å². The average molecular weight is 370 g/mol. The largest absolute Gasteiger partial charge is 0.412 e. The molecule has 1 unspecified atom stereocenters. The summed E-state index contributed by atoms with van der Waals surface area (Å²) >= 11 is 0. The van der Waals surface area contributed by atoms with E-state index in [-0.39, 0.29) is 5.82 Å². The first-order valence-corrected chi connectivity index (χ1v) is 8.14. The molecule has 9 heteroatoms. The van der Waals surface area contributed by atoms with Gasteiger partial charge in [-0.15, -0.1) is 0 Å². The van der Waals surface area contributed by atoms with Gasteiger partial charge < -0.3 is 10.6 Å². The summed E-state index contributed by atoms with van der Waals surface area (Å²) < 4.78 is 53.1. The smallest absolute Gasteiger partial charge is 0.336 e. The molecule has 1 fully saturated rings. The first-order chi connectivity index (χ1) is 12.3. The maximum atomic E-state index is 13.1. The number of carbonyl (C=O) groups is 1. The van der Waals surface area contributed by atoms with Crippen LogP contribution >= 0.6 is 0 Å². The summed E-state index contributed by atoms with van der Waals surface area (Å²) in [6.07, 6.45) is -0.137. The van der Waals surface area contributed by atoms with Crippen LogP contribution in [-0.2, 0) is 6.42 Å². The molecule has 0 aliphatic heterocycles. The Labute approximate surface area is 147 Å². The first-order valence-electron chi connectivity index (χ1n) is 8.14. The Morgan fingerprint density at radius 3 is 2.50 bits per heavy atom. The highest BCUT2D eigenvalue weighted by atomic mass is 19.4. The van der Waals surface area contributed by atoms with Crippen molar-refractivity contribution in [3.8, 4) is 0 Å². The lowest BCUT2D eigenvalue weighted by Crippen LogP contribution is -2.47. The van der Waals surface area contributed by atoms with Crippen molar-refractivity contribution in [3.63, 3.8) is 0 Å². The van der Waals surface area contributed by atoms with Crippen LogP contribution in [-0.4, -0.2) is 34.1 Å². The molecule has 0 radical (unpaired) electrons. The van der Waals surface area contributed by atoms with Crippen LogP contribution in [0.15, 0.2) is 42.7 Å². The van der Waals surface area contributed by atoms with Crippen LogP contribution in [0.3, 0.4) is 0 Å². The zero-order valence-corrected chi connectivity index (χ0v) is 13.8. The topological polar surface area (TPSA) is 59.0 Å². The molecule has 1 aromatic carbocycles. The highest BCUT2D eigenvalue weighted by molar-refractivity contribution is 5.75. The van der Waals surface area contributed by atoms with Crippen molar-refractivity contribution >= 4 is 6.03 Å². The summed E-state index contributed by atoms with van der Waals surface area (Å²) in [6, 6.07) is 4.73. The van der Waals surface area contributed by atoms with Crippen LogP contribution in [0.4, 0.5) is 22.4 Å². The van der Waals surface area contributed by atoms with Gasteiger partial charge in [-0.3, -0.25) is 4.68 Å². The number of benzene rings is 1. The predicted molar refractivity (Wildman–Crippen MR) is 85.9 cm³/mol. The molecule has 5 nitrogen and oxygen atoms in total. The lowest BCUT2D eigenvalue weighted by Gasteiger charge is -2.23. The lowest BCUT2D eigenvalue weighted by molar-refractivity contribution is -0.168. The Balaban J connectivity index is 1.55. The van der Waals surface area contributed by atoms with Crippen molar-refractivity contribution in [1.82, 2.24) is 20.4 Å². The van der Waals surface area contributed by atoms with Gasteiger partial charge in [0, 0.05) is 17.9 Å². The summed E-state index contributed by atoms with van der Waals surface area (Å²) in [5.41, 5.74) is 0.371. The number of nitrogens with zero attached hydrogens (tertiary/aromatic N) is 2. The highest BCUT2D eigenvalue weighted by Crippen LogP contribution is 2.38. The minimum absolute atomic E-state index is 0.346.